The lowest BCUT2D eigenvalue weighted by atomic mass is 9.88. The van der Waals surface area contributed by atoms with Gasteiger partial charge in [0, 0.05) is 6.04 Å². The number of nitrogens with one attached hydrogen (secondary N) is 1. The first kappa shape index (κ1) is 19.0. The number of hydrogen-bond donors (Lipinski definition) is 1. The van der Waals surface area contributed by atoms with Crippen LogP contribution in [0.4, 0.5) is 0 Å². The molecule has 0 aliphatic rings. The second kappa shape index (κ2) is 11.8. The summed E-state index contributed by atoms with van der Waals surface area (Å²) in [5, 5.41) is 3.65. The molecule has 0 bridgehead atoms. The highest BCUT2D eigenvalue weighted by molar-refractivity contribution is 4.75. The van der Waals surface area contributed by atoms with Crippen molar-refractivity contribution < 1.29 is 0 Å². The zero-order chi connectivity index (χ0) is 14.6. The van der Waals surface area contributed by atoms with Crippen molar-refractivity contribution in [1.82, 2.24) is 5.32 Å². The second-order valence-corrected chi connectivity index (χ2v) is 7.22. The average molecular weight is 270 g/mol. The largest absolute Gasteiger partial charge is 0.314 e. The molecular formula is C18H39N. The van der Waals surface area contributed by atoms with Crippen molar-refractivity contribution in [2.75, 3.05) is 6.54 Å². The van der Waals surface area contributed by atoms with Crippen LogP contribution in [0.2, 0.25) is 0 Å². The maximum Gasteiger partial charge on any atom is 0.00872 e. The van der Waals surface area contributed by atoms with Gasteiger partial charge in [0.2, 0.25) is 0 Å². The molecule has 0 aliphatic carbocycles. The normalized spacial score (nSPS) is 13.7. The SMILES string of the molecule is CCCCCCCCCCCCNC(C)C(C)(C)C. The summed E-state index contributed by atoms with van der Waals surface area (Å²) in [6.45, 7) is 12.7. The summed E-state index contributed by atoms with van der Waals surface area (Å²) in [5.41, 5.74) is 0.387. The fourth-order valence-electron chi connectivity index (χ4n) is 2.24. The van der Waals surface area contributed by atoms with Crippen molar-refractivity contribution in [3.63, 3.8) is 0 Å². The van der Waals surface area contributed by atoms with Gasteiger partial charge in [-0.15, -0.1) is 0 Å². The Morgan fingerprint density at radius 3 is 1.58 bits per heavy atom. The van der Waals surface area contributed by atoms with Crippen molar-refractivity contribution in [2.45, 2.75) is 105 Å². The van der Waals surface area contributed by atoms with E-state index >= 15 is 0 Å². The van der Waals surface area contributed by atoms with Crippen molar-refractivity contribution in [1.29, 1.82) is 0 Å². The molecule has 0 aromatic rings. The topological polar surface area (TPSA) is 12.0 Å². The summed E-state index contributed by atoms with van der Waals surface area (Å²) < 4.78 is 0. The smallest absolute Gasteiger partial charge is 0.00872 e. The van der Waals surface area contributed by atoms with Gasteiger partial charge in [-0.2, -0.15) is 0 Å². The Balaban J connectivity index is 3.15. The first-order valence-corrected chi connectivity index (χ1v) is 8.72. The number of hydrogen-bond acceptors (Lipinski definition) is 1. The molecule has 1 atom stereocenters. The molecule has 0 saturated heterocycles. The third kappa shape index (κ3) is 12.7. The Bertz CT molecular complexity index is 181. The summed E-state index contributed by atoms with van der Waals surface area (Å²) in [6, 6.07) is 0.617. The van der Waals surface area contributed by atoms with Crippen LogP contribution in [-0.2, 0) is 0 Å². The van der Waals surface area contributed by atoms with Gasteiger partial charge in [0.05, 0.1) is 0 Å². The van der Waals surface area contributed by atoms with E-state index in [-0.39, 0.29) is 0 Å². The standard InChI is InChI=1S/C18H39N/c1-6-7-8-9-10-11-12-13-14-15-16-19-17(2)18(3,4)5/h17,19H,6-16H2,1-5H3. The third-order valence-electron chi connectivity index (χ3n) is 4.28. The molecule has 0 saturated carbocycles. The van der Waals surface area contributed by atoms with E-state index in [9.17, 15) is 0 Å². The van der Waals surface area contributed by atoms with Gasteiger partial charge >= 0.3 is 0 Å². The molecule has 116 valence electrons. The molecule has 1 N–H and O–H groups in total. The molecule has 1 nitrogen and oxygen atoms in total. The molecular weight excluding hydrogens is 230 g/mol. The van der Waals surface area contributed by atoms with E-state index in [4.69, 9.17) is 0 Å². The molecule has 0 aromatic heterocycles. The van der Waals surface area contributed by atoms with Crippen molar-refractivity contribution in [2.24, 2.45) is 5.41 Å². The van der Waals surface area contributed by atoms with E-state index < -0.39 is 0 Å². The Kier molecular flexibility index (Phi) is 11.7. The minimum atomic E-state index is 0.387. The minimum Gasteiger partial charge on any atom is -0.314 e. The highest BCUT2D eigenvalue weighted by Gasteiger charge is 2.18. The zero-order valence-corrected chi connectivity index (χ0v) is 14.4. The van der Waals surface area contributed by atoms with Crippen molar-refractivity contribution in [3.8, 4) is 0 Å². The molecule has 0 heterocycles. The molecule has 0 aliphatic heterocycles. The van der Waals surface area contributed by atoms with E-state index in [0.29, 0.717) is 11.5 Å². The van der Waals surface area contributed by atoms with E-state index in [1.807, 2.05) is 0 Å². The predicted molar refractivity (Wildman–Crippen MR) is 88.8 cm³/mol. The maximum absolute atomic E-state index is 3.65. The molecule has 0 amide bonds. The van der Waals surface area contributed by atoms with Crippen LogP contribution < -0.4 is 5.32 Å². The highest BCUT2D eigenvalue weighted by Crippen LogP contribution is 2.18. The summed E-state index contributed by atoms with van der Waals surface area (Å²) in [5.74, 6) is 0. The Morgan fingerprint density at radius 2 is 1.16 bits per heavy atom. The monoisotopic (exact) mass is 269 g/mol. The van der Waals surface area contributed by atoms with Crippen LogP contribution in [0.1, 0.15) is 98.8 Å². The number of rotatable bonds is 12. The molecule has 19 heavy (non-hydrogen) atoms. The predicted octanol–water partition coefficient (Wildman–Crippen LogP) is 5.93. The average Bonchev–Trinajstić information content (AvgIpc) is 2.34. The van der Waals surface area contributed by atoms with Crippen LogP contribution in [-0.4, -0.2) is 12.6 Å². The van der Waals surface area contributed by atoms with Crippen LogP contribution >= 0.6 is 0 Å². The van der Waals surface area contributed by atoms with Crippen LogP contribution in [0.5, 0.6) is 0 Å². The van der Waals surface area contributed by atoms with Crippen LogP contribution in [0.3, 0.4) is 0 Å². The molecule has 0 rings (SSSR count). The Labute approximate surface area is 122 Å². The van der Waals surface area contributed by atoms with Gasteiger partial charge in [0.25, 0.3) is 0 Å². The van der Waals surface area contributed by atoms with Gasteiger partial charge in [0.15, 0.2) is 0 Å². The van der Waals surface area contributed by atoms with Crippen LogP contribution in [0.25, 0.3) is 0 Å². The lowest BCUT2D eigenvalue weighted by Crippen LogP contribution is -2.38. The van der Waals surface area contributed by atoms with Gasteiger partial charge in [-0.1, -0.05) is 85.5 Å². The van der Waals surface area contributed by atoms with E-state index in [1.54, 1.807) is 0 Å². The summed E-state index contributed by atoms with van der Waals surface area (Å²) in [6.07, 6.45) is 14.2. The first-order valence-electron chi connectivity index (χ1n) is 8.72. The molecule has 1 unspecified atom stereocenters. The summed E-state index contributed by atoms with van der Waals surface area (Å²) in [7, 11) is 0. The van der Waals surface area contributed by atoms with Gasteiger partial charge in [0.1, 0.15) is 0 Å². The molecule has 0 aromatic carbocycles. The van der Waals surface area contributed by atoms with Crippen LogP contribution in [0, 0.1) is 5.41 Å². The van der Waals surface area contributed by atoms with E-state index in [0.717, 1.165) is 0 Å². The van der Waals surface area contributed by atoms with E-state index in [2.05, 4.69) is 39.9 Å². The Morgan fingerprint density at radius 1 is 0.737 bits per heavy atom. The van der Waals surface area contributed by atoms with Crippen molar-refractivity contribution in [3.05, 3.63) is 0 Å². The number of unbranched alkanes of at least 4 members (excludes halogenated alkanes) is 9. The lowest BCUT2D eigenvalue weighted by Gasteiger charge is -2.28. The summed E-state index contributed by atoms with van der Waals surface area (Å²) in [4.78, 5) is 0. The van der Waals surface area contributed by atoms with Crippen molar-refractivity contribution >= 4 is 0 Å². The minimum absolute atomic E-state index is 0.387. The van der Waals surface area contributed by atoms with Crippen LogP contribution in [0.15, 0.2) is 0 Å². The third-order valence-corrected chi connectivity index (χ3v) is 4.28. The Hall–Kier alpha value is -0.0400. The van der Waals surface area contributed by atoms with Gasteiger partial charge in [-0.25, -0.2) is 0 Å². The zero-order valence-electron chi connectivity index (χ0n) is 14.4. The molecule has 0 fully saturated rings. The van der Waals surface area contributed by atoms with Gasteiger partial charge in [-0.3, -0.25) is 0 Å². The second-order valence-electron chi connectivity index (χ2n) is 7.22. The molecule has 0 radical (unpaired) electrons. The highest BCUT2D eigenvalue weighted by atomic mass is 14.9. The fraction of sp³-hybridized carbons (Fsp3) is 1.00. The quantitative estimate of drug-likeness (QED) is 0.433. The van der Waals surface area contributed by atoms with Gasteiger partial charge in [-0.05, 0) is 25.3 Å². The van der Waals surface area contributed by atoms with Gasteiger partial charge < -0.3 is 5.32 Å². The maximum atomic E-state index is 3.65. The summed E-state index contributed by atoms with van der Waals surface area (Å²) >= 11 is 0. The lowest BCUT2D eigenvalue weighted by molar-refractivity contribution is 0.285. The molecule has 0 spiro atoms. The first-order chi connectivity index (χ1) is 8.98. The molecule has 1 heteroatoms. The van der Waals surface area contributed by atoms with E-state index in [1.165, 1.54) is 70.8 Å². The fourth-order valence-corrected chi connectivity index (χ4v) is 2.24.